The summed E-state index contributed by atoms with van der Waals surface area (Å²) in [6.07, 6.45) is 2.97. The van der Waals surface area contributed by atoms with Crippen molar-refractivity contribution in [2.75, 3.05) is 27.2 Å². The van der Waals surface area contributed by atoms with Crippen molar-refractivity contribution in [1.29, 1.82) is 0 Å². The second-order valence-electron chi connectivity index (χ2n) is 5.09. The number of aryl methyl sites for hydroxylation is 1. The number of hydrogen-bond donors (Lipinski definition) is 2. The zero-order chi connectivity index (χ0) is 14.4. The van der Waals surface area contributed by atoms with Crippen LogP contribution in [-0.2, 0) is 7.05 Å². The minimum absolute atomic E-state index is 0.169. The molecular formula is C13H25N5S. The largest absolute Gasteiger partial charge is 0.363 e. The van der Waals surface area contributed by atoms with Crippen molar-refractivity contribution in [3.8, 4) is 0 Å². The Kier molecular flexibility index (Phi) is 6.24. The zero-order valence-electron chi connectivity index (χ0n) is 12.5. The van der Waals surface area contributed by atoms with Crippen LogP contribution in [0.4, 0.5) is 0 Å². The van der Waals surface area contributed by atoms with Gasteiger partial charge in [0.15, 0.2) is 5.11 Å². The maximum absolute atomic E-state index is 5.30. The molecule has 6 heteroatoms. The highest BCUT2D eigenvalue weighted by Gasteiger charge is 2.12. The molecule has 5 nitrogen and oxygen atoms in total. The van der Waals surface area contributed by atoms with Gasteiger partial charge in [-0.25, -0.2) is 0 Å². The summed E-state index contributed by atoms with van der Waals surface area (Å²) < 4.78 is 1.88. The second-order valence-corrected chi connectivity index (χ2v) is 5.50. The summed E-state index contributed by atoms with van der Waals surface area (Å²) in [5, 5.41) is 11.5. The maximum Gasteiger partial charge on any atom is 0.166 e. The quantitative estimate of drug-likeness (QED) is 0.607. The molecular weight excluding hydrogens is 258 g/mol. The molecule has 1 unspecified atom stereocenters. The van der Waals surface area contributed by atoms with E-state index in [0.29, 0.717) is 5.11 Å². The number of nitrogens with zero attached hydrogens (tertiary/aromatic N) is 3. The standard InChI is InChI=1S/C13H25N5S/c1-10(12-9-15-18(5)11(12)2)16-13(19)14-7-6-8-17(3)4/h9-10H,6-8H2,1-5H3,(H2,14,16,19). The average Bonchev–Trinajstić information content (AvgIpc) is 2.65. The Hall–Kier alpha value is -1.14. The van der Waals surface area contributed by atoms with Crippen molar-refractivity contribution in [2.45, 2.75) is 26.3 Å². The van der Waals surface area contributed by atoms with E-state index in [1.54, 1.807) is 0 Å². The first kappa shape index (κ1) is 15.9. The van der Waals surface area contributed by atoms with Gasteiger partial charge in [0.25, 0.3) is 0 Å². The van der Waals surface area contributed by atoms with Gasteiger partial charge in [-0.05, 0) is 53.1 Å². The molecule has 0 saturated carbocycles. The third kappa shape index (κ3) is 5.16. The van der Waals surface area contributed by atoms with E-state index < -0.39 is 0 Å². The molecule has 108 valence electrons. The van der Waals surface area contributed by atoms with Crippen LogP contribution in [0.5, 0.6) is 0 Å². The van der Waals surface area contributed by atoms with Crippen LogP contribution in [0.3, 0.4) is 0 Å². The Balaban J connectivity index is 2.34. The molecule has 1 heterocycles. The molecule has 1 aromatic heterocycles. The van der Waals surface area contributed by atoms with Crippen LogP contribution in [0.15, 0.2) is 6.20 Å². The minimum atomic E-state index is 0.169. The van der Waals surface area contributed by atoms with E-state index in [1.165, 1.54) is 5.56 Å². The lowest BCUT2D eigenvalue weighted by Crippen LogP contribution is -2.38. The molecule has 1 aromatic rings. The van der Waals surface area contributed by atoms with E-state index in [9.17, 15) is 0 Å². The Bertz CT molecular complexity index is 413. The highest BCUT2D eigenvalue weighted by Crippen LogP contribution is 2.15. The van der Waals surface area contributed by atoms with Crippen molar-refractivity contribution in [3.05, 3.63) is 17.5 Å². The molecule has 1 rings (SSSR count). The van der Waals surface area contributed by atoms with Crippen LogP contribution in [0.25, 0.3) is 0 Å². The third-order valence-corrected chi connectivity index (χ3v) is 3.42. The van der Waals surface area contributed by atoms with Crippen molar-refractivity contribution in [3.63, 3.8) is 0 Å². The molecule has 2 N–H and O–H groups in total. The lowest BCUT2D eigenvalue weighted by molar-refractivity contribution is 0.400. The van der Waals surface area contributed by atoms with Gasteiger partial charge < -0.3 is 15.5 Å². The fourth-order valence-corrected chi connectivity index (χ4v) is 2.14. The van der Waals surface area contributed by atoms with Crippen LogP contribution < -0.4 is 10.6 Å². The summed E-state index contributed by atoms with van der Waals surface area (Å²) in [4.78, 5) is 2.17. The van der Waals surface area contributed by atoms with Crippen LogP contribution in [0.2, 0.25) is 0 Å². The van der Waals surface area contributed by atoms with Gasteiger partial charge in [-0.3, -0.25) is 4.68 Å². The summed E-state index contributed by atoms with van der Waals surface area (Å²) in [6.45, 7) is 6.11. The molecule has 0 saturated heterocycles. The normalized spacial score (nSPS) is 12.5. The first-order valence-corrected chi connectivity index (χ1v) is 7.00. The van der Waals surface area contributed by atoms with Gasteiger partial charge in [-0.15, -0.1) is 0 Å². The van der Waals surface area contributed by atoms with Gasteiger partial charge in [0.1, 0.15) is 0 Å². The van der Waals surface area contributed by atoms with E-state index >= 15 is 0 Å². The lowest BCUT2D eigenvalue weighted by atomic mass is 10.1. The number of nitrogens with one attached hydrogen (secondary N) is 2. The van der Waals surface area contributed by atoms with Gasteiger partial charge >= 0.3 is 0 Å². The van der Waals surface area contributed by atoms with Crippen molar-refractivity contribution in [2.24, 2.45) is 7.05 Å². The molecule has 0 aromatic carbocycles. The Morgan fingerprint density at radius 1 is 1.53 bits per heavy atom. The van der Waals surface area contributed by atoms with E-state index in [2.05, 4.69) is 48.6 Å². The zero-order valence-corrected chi connectivity index (χ0v) is 13.3. The molecule has 0 aliphatic rings. The number of rotatable bonds is 6. The summed E-state index contributed by atoms with van der Waals surface area (Å²) in [7, 11) is 6.09. The fourth-order valence-electron chi connectivity index (χ4n) is 1.86. The molecule has 1 atom stereocenters. The molecule has 0 amide bonds. The van der Waals surface area contributed by atoms with E-state index in [1.807, 2.05) is 17.9 Å². The Morgan fingerprint density at radius 3 is 2.74 bits per heavy atom. The minimum Gasteiger partial charge on any atom is -0.363 e. The predicted molar refractivity (Wildman–Crippen MR) is 83.3 cm³/mol. The summed E-state index contributed by atoms with van der Waals surface area (Å²) in [6, 6.07) is 0.169. The summed E-state index contributed by atoms with van der Waals surface area (Å²) in [5.41, 5.74) is 2.34. The second kappa shape index (κ2) is 7.45. The number of thiocarbonyl (C=S) groups is 1. The van der Waals surface area contributed by atoms with Crippen molar-refractivity contribution < 1.29 is 0 Å². The van der Waals surface area contributed by atoms with E-state index in [-0.39, 0.29) is 6.04 Å². The molecule has 0 fully saturated rings. The van der Waals surface area contributed by atoms with E-state index in [4.69, 9.17) is 12.2 Å². The van der Waals surface area contributed by atoms with E-state index in [0.717, 1.165) is 25.2 Å². The maximum atomic E-state index is 5.30. The van der Waals surface area contributed by atoms with Gasteiger partial charge in [0.2, 0.25) is 0 Å². The average molecular weight is 283 g/mol. The first-order valence-electron chi connectivity index (χ1n) is 6.59. The molecule has 0 spiro atoms. The predicted octanol–water partition coefficient (Wildman–Crippen LogP) is 1.21. The molecule has 0 aliphatic carbocycles. The van der Waals surface area contributed by atoms with Gasteiger partial charge in [-0.1, -0.05) is 0 Å². The van der Waals surface area contributed by atoms with Crippen LogP contribution in [0.1, 0.15) is 30.6 Å². The number of aromatic nitrogens is 2. The van der Waals surface area contributed by atoms with Crippen LogP contribution >= 0.6 is 12.2 Å². The van der Waals surface area contributed by atoms with Gasteiger partial charge in [0.05, 0.1) is 12.2 Å². The molecule has 19 heavy (non-hydrogen) atoms. The topological polar surface area (TPSA) is 45.1 Å². The molecule has 0 bridgehead atoms. The monoisotopic (exact) mass is 283 g/mol. The van der Waals surface area contributed by atoms with Gasteiger partial charge in [-0.2, -0.15) is 5.10 Å². The summed E-state index contributed by atoms with van der Waals surface area (Å²) in [5.74, 6) is 0. The smallest absolute Gasteiger partial charge is 0.166 e. The highest BCUT2D eigenvalue weighted by molar-refractivity contribution is 7.80. The van der Waals surface area contributed by atoms with Crippen LogP contribution in [0, 0.1) is 6.92 Å². The Morgan fingerprint density at radius 2 is 2.21 bits per heavy atom. The third-order valence-electron chi connectivity index (χ3n) is 3.15. The fraction of sp³-hybridized carbons (Fsp3) is 0.692. The van der Waals surface area contributed by atoms with Crippen molar-refractivity contribution in [1.82, 2.24) is 25.3 Å². The summed E-state index contributed by atoms with van der Waals surface area (Å²) >= 11 is 5.30. The molecule has 0 radical (unpaired) electrons. The first-order chi connectivity index (χ1) is 8.91. The van der Waals surface area contributed by atoms with Gasteiger partial charge in [0, 0.05) is 24.8 Å². The SMILES string of the molecule is Cc1c(C(C)NC(=S)NCCCN(C)C)cnn1C. The van der Waals surface area contributed by atoms with Crippen molar-refractivity contribution >= 4 is 17.3 Å². The lowest BCUT2D eigenvalue weighted by Gasteiger charge is -2.17. The highest BCUT2D eigenvalue weighted by atomic mass is 32.1. The van der Waals surface area contributed by atoms with Crippen LogP contribution in [-0.4, -0.2) is 47.0 Å². The number of hydrogen-bond acceptors (Lipinski definition) is 3. The Labute approximate surface area is 121 Å². The molecule has 0 aliphatic heterocycles.